The molecule has 0 heterocycles. The highest BCUT2D eigenvalue weighted by atomic mass is 35.5. The van der Waals surface area contributed by atoms with Gasteiger partial charge in [0.2, 0.25) is 5.91 Å². The Morgan fingerprint density at radius 3 is 2.78 bits per heavy atom. The van der Waals surface area contributed by atoms with E-state index >= 15 is 0 Å². The van der Waals surface area contributed by atoms with Crippen molar-refractivity contribution in [2.24, 2.45) is 0 Å². The van der Waals surface area contributed by atoms with Crippen molar-refractivity contribution >= 4 is 23.2 Å². The standard InChI is InChI=1S/C11H14ClN3O3/c1-7(11(16)13-2)14-6-8-5-9(15(17)18)3-4-10(8)12/h3-5,7,14H,6H2,1-2H3,(H,13,16). The van der Waals surface area contributed by atoms with E-state index in [1.807, 2.05) is 0 Å². The van der Waals surface area contributed by atoms with E-state index in [-0.39, 0.29) is 18.1 Å². The third-order valence-electron chi connectivity index (χ3n) is 2.48. The van der Waals surface area contributed by atoms with Crippen LogP contribution >= 0.6 is 11.6 Å². The Balaban J connectivity index is 2.75. The van der Waals surface area contributed by atoms with E-state index in [1.165, 1.54) is 18.2 Å². The summed E-state index contributed by atoms with van der Waals surface area (Å²) in [5, 5.41) is 16.5. The lowest BCUT2D eigenvalue weighted by molar-refractivity contribution is -0.384. The Kier molecular flexibility index (Phi) is 5.06. The number of likely N-dealkylation sites (N-methyl/N-ethyl adjacent to an activating group) is 1. The number of non-ortho nitro benzene ring substituents is 1. The molecule has 1 atom stereocenters. The summed E-state index contributed by atoms with van der Waals surface area (Å²) in [6.07, 6.45) is 0. The highest BCUT2D eigenvalue weighted by Crippen LogP contribution is 2.21. The van der Waals surface area contributed by atoms with Crippen molar-refractivity contribution in [2.45, 2.75) is 19.5 Å². The third-order valence-corrected chi connectivity index (χ3v) is 2.85. The molecule has 0 bridgehead atoms. The smallest absolute Gasteiger partial charge is 0.269 e. The van der Waals surface area contributed by atoms with Gasteiger partial charge in [0, 0.05) is 30.7 Å². The van der Waals surface area contributed by atoms with Gasteiger partial charge in [-0.1, -0.05) is 11.6 Å². The van der Waals surface area contributed by atoms with Gasteiger partial charge in [-0.25, -0.2) is 0 Å². The molecule has 0 aromatic heterocycles. The van der Waals surface area contributed by atoms with Gasteiger partial charge in [0.25, 0.3) is 5.69 Å². The Labute approximate surface area is 109 Å². The molecule has 1 rings (SSSR count). The molecule has 0 aliphatic heterocycles. The SMILES string of the molecule is CNC(=O)C(C)NCc1cc([N+](=O)[O-])ccc1Cl. The molecule has 7 heteroatoms. The molecule has 0 radical (unpaired) electrons. The van der Waals surface area contributed by atoms with Crippen molar-refractivity contribution in [1.82, 2.24) is 10.6 Å². The normalized spacial score (nSPS) is 11.9. The minimum atomic E-state index is -0.484. The maximum atomic E-state index is 11.3. The molecule has 98 valence electrons. The number of nitrogens with one attached hydrogen (secondary N) is 2. The fraction of sp³-hybridized carbons (Fsp3) is 0.364. The number of rotatable bonds is 5. The van der Waals surface area contributed by atoms with Gasteiger partial charge in [-0.15, -0.1) is 0 Å². The van der Waals surface area contributed by atoms with E-state index in [0.29, 0.717) is 10.6 Å². The van der Waals surface area contributed by atoms with Gasteiger partial charge in [-0.2, -0.15) is 0 Å². The zero-order chi connectivity index (χ0) is 13.7. The van der Waals surface area contributed by atoms with Crippen LogP contribution in [0.4, 0.5) is 5.69 Å². The molecule has 0 saturated carbocycles. The van der Waals surface area contributed by atoms with Gasteiger partial charge < -0.3 is 10.6 Å². The summed E-state index contributed by atoms with van der Waals surface area (Å²) in [4.78, 5) is 21.4. The Hall–Kier alpha value is -1.66. The lowest BCUT2D eigenvalue weighted by Gasteiger charge is -2.12. The Bertz CT molecular complexity index is 465. The van der Waals surface area contributed by atoms with Gasteiger partial charge in [-0.05, 0) is 18.6 Å². The van der Waals surface area contributed by atoms with Crippen LogP contribution in [0.5, 0.6) is 0 Å². The van der Waals surface area contributed by atoms with Crippen LogP contribution in [0.25, 0.3) is 0 Å². The van der Waals surface area contributed by atoms with Gasteiger partial charge >= 0.3 is 0 Å². The maximum absolute atomic E-state index is 11.3. The number of hydrogen-bond donors (Lipinski definition) is 2. The predicted molar refractivity (Wildman–Crippen MR) is 68.5 cm³/mol. The molecule has 1 unspecified atom stereocenters. The summed E-state index contributed by atoms with van der Waals surface area (Å²) in [6.45, 7) is 1.99. The molecule has 6 nitrogen and oxygen atoms in total. The lowest BCUT2D eigenvalue weighted by Crippen LogP contribution is -2.40. The van der Waals surface area contributed by atoms with Crippen LogP contribution in [0, 0.1) is 10.1 Å². The van der Waals surface area contributed by atoms with Crippen LogP contribution in [-0.4, -0.2) is 23.9 Å². The first-order valence-electron chi connectivity index (χ1n) is 5.33. The number of nitro groups is 1. The zero-order valence-electron chi connectivity index (χ0n) is 10.1. The highest BCUT2D eigenvalue weighted by Gasteiger charge is 2.13. The molecule has 0 aliphatic carbocycles. The van der Waals surface area contributed by atoms with E-state index in [4.69, 9.17) is 11.6 Å². The summed E-state index contributed by atoms with van der Waals surface area (Å²) in [6, 6.07) is 3.81. The summed E-state index contributed by atoms with van der Waals surface area (Å²) >= 11 is 5.93. The molecule has 1 aromatic carbocycles. The van der Waals surface area contributed by atoms with Crippen molar-refractivity contribution in [2.75, 3.05) is 7.05 Å². The Morgan fingerprint density at radius 2 is 2.22 bits per heavy atom. The minimum absolute atomic E-state index is 0.0243. The summed E-state index contributed by atoms with van der Waals surface area (Å²) in [5.41, 5.74) is 0.561. The predicted octanol–water partition coefficient (Wildman–Crippen LogP) is 1.47. The summed E-state index contributed by atoms with van der Waals surface area (Å²) in [7, 11) is 1.54. The van der Waals surface area contributed by atoms with Crippen LogP contribution in [0.1, 0.15) is 12.5 Å². The molecule has 0 saturated heterocycles. The zero-order valence-corrected chi connectivity index (χ0v) is 10.8. The molecule has 18 heavy (non-hydrogen) atoms. The van der Waals surface area contributed by atoms with Crippen LogP contribution < -0.4 is 10.6 Å². The molecule has 0 spiro atoms. The van der Waals surface area contributed by atoms with Crippen LogP contribution in [0.2, 0.25) is 5.02 Å². The summed E-state index contributed by atoms with van der Waals surface area (Å²) < 4.78 is 0. The van der Waals surface area contributed by atoms with Gasteiger partial charge in [0.1, 0.15) is 0 Å². The first-order chi connectivity index (χ1) is 8.45. The highest BCUT2D eigenvalue weighted by molar-refractivity contribution is 6.31. The van der Waals surface area contributed by atoms with Crippen molar-refractivity contribution < 1.29 is 9.72 Å². The van der Waals surface area contributed by atoms with Crippen LogP contribution in [-0.2, 0) is 11.3 Å². The van der Waals surface area contributed by atoms with E-state index in [1.54, 1.807) is 14.0 Å². The second kappa shape index (κ2) is 6.32. The number of amides is 1. The fourth-order valence-electron chi connectivity index (χ4n) is 1.38. The number of benzene rings is 1. The average molecular weight is 272 g/mol. The molecule has 1 aromatic rings. The van der Waals surface area contributed by atoms with E-state index in [2.05, 4.69) is 10.6 Å². The minimum Gasteiger partial charge on any atom is -0.358 e. The molecular formula is C11H14ClN3O3. The van der Waals surface area contributed by atoms with Gasteiger partial charge in [0.15, 0.2) is 0 Å². The van der Waals surface area contributed by atoms with E-state index in [9.17, 15) is 14.9 Å². The average Bonchev–Trinajstić information content (AvgIpc) is 2.36. The van der Waals surface area contributed by atoms with Gasteiger partial charge in [0.05, 0.1) is 11.0 Å². The quantitative estimate of drug-likeness (QED) is 0.627. The monoisotopic (exact) mass is 271 g/mol. The molecular weight excluding hydrogens is 258 g/mol. The number of halogens is 1. The van der Waals surface area contributed by atoms with Crippen molar-refractivity contribution in [3.8, 4) is 0 Å². The molecule has 0 aliphatic rings. The van der Waals surface area contributed by atoms with Crippen molar-refractivity contribution in [3.05, 3.63) is 38.9 Å². The number of carbonyl (C=O) groups is 1. The third kappa shape index (κ3) is 3.68. The summed E-state index contributed by atoms with van der Waals surface area (Å²) in [5.74, 6) is -0.156. The Morgan fingerprint density at radius 1 is 1.56 bits per heavy atom. The fourth-order valence-corrected chi connectivity index (χ4v) is 1.57. The lowest BCUT2D eigenvalue weighted by atomic mass is 10.2. The van der Waals surface area contributed by atoms with E-state index in [0.717, 1.165) is 0 Å². The van der Waals surface area contributed by atoms with E-state index < -0.39 is 11.0 Å². The topological polar surface area (TPSA) is 84.3 Å². The number of hydrogen-bond acceptors (Lipinski definition) is 4. The first kappa shape index (κ1) is 14.4. The molecule has 2 N–H and O–H groups in total. The van der Waals surface area contributed by atoms with Crippen molar-refractivity contribution in [3.63, 3.8) is 0 Å². The molecule has 0 fully saturated rings. The number of carbonyl (C=O) groups excluding carboxylic acids is 1. The number of nitro benzene ring substituents is 1. The van der Waals surface area contributed by atoms with Crippen LogP contribution in [0.3, 0.4) is 0 Å². The largest absolute Gasteiger partial charge is 0.358 e. The molecule has 1 amide bonds. The van der Waals surface area contributed by atoms with Crippen molar-refractivity contribution in [1.29, 1.82) is 0 Å². The second-order valence-corrected chi connectivity index (χ2v) is 4.16. The maximum Gasteiger partial charge on any atom is 0.269 e. The first-order valence-corrected chi connectivity index (χ1v) is 5.71. The van der Waals surface area contributed by atoms with Gasteiger partial charge in [-0.3, -0.25) is 14.9 Å². The van der Waals surface area contributed by atoms with Crippen LogP contribution in [0.15, 0.2) is 18.2 Å². The number of nitrogens with zero attached hydrogens (tertiary/aromatic N) is 1. The second-order valence-electron chi connectivity index (χ2n) is 3.75.